The maximum Gasteiger partial charge on any atom is 0.252 e. The van der Waals surface area contributed by atoms with E-state index in [1.165, 1.54) is 6.33 Å². The molecule has 0 fully saturated rings. The quantitative estimate of drug-likeness (QED) is 0.871. The number of rotatable bonds is 3. The van der Waals surface area contributed by atoms with Crippen molar-refractivity contribution in [3.63, 3.8) is 0 Å². The summed E-state index contributed by atoms with van der Waals surface area (Å²) in [6.07, 6.45) is 3.10. The highest BCUT2D eigenvalue weighted by Crippen LogP contribution is 2.15. The highest BCUT2D eigenvalue weighted by atomic mass is 35.5. The maximum atomic E-state index is 10.8. The maximum absolute atomic E-state index is 10.8. The van der Waals surface area contributed by atoms with E-state index < -0.39 is 5.24 Å². The highest BCUT2D eigenvalue weighted by Gasteiger charge is 2.01. The molecule has 2 rings (SSSR count). The SMILES string of the molecule is Cl.O=C(Cl)c1ccc(Nc2ccncn2)cc1. The van der Waals surface area contributed by atoms with Crippen molar-refractivity contribution in [2.45, 2.75) is 0 Å². The van der Waals surface area contributed by atoms with E-state index in [-0.39, 0.29) is 12.4 Å². The number of carbonyl (C=O) groups excluding carboxylic acids is 1. The second-order valence-electron chi connectivity index (χ2n) is 3.07. The molecule has 2 aromatic rings. The molecule has 1 heterocycles. The van der Waals surface area contributed by atoms with Crippen molar-refractivity contribution in [1.82, 2.24) is 9.97 Å². The Morgan fingerprint density at radius 1 is 1.18 bits per heavy atom. The van der Waals surface area contributed by atoms with Gasteiger partial charge in [0.15, 0.2) is 0 Å². The van der Waals surface area contributed by atoms with E-state index in [9.17, 15) is 4.79 Å². The van der Waals surface area contributed by atoms with Gasteiger partial charge in [0.25, 0.3) is 5.24 Å². The van der Waals surface area contributed by atoms with Crippen molar-refractivity contribution in [1.29, 1.82) is 0 Å². The Morgan fingerprint density at radius 2 is 1.88 bits per heavy atom. The van der Waals surface area contributed by atoms with Crippen LogP contribution in [0.2, 0.25) is 0 Å². The largest absolute Gasteiger partial charge is 0.340 e. The fourth-order valence-corrected chi connectivity index (χ4v) is 1.32. The highest BCUT2D eigenvalue weighted by molar-refractivity contribution is 6.67. The first kappa shape index (κ1) is 13.4. The number of hydrogen-bond acceptors (Lipinski definition) is 4. The number of halogens is 2. The second-order valence-corrected chi connectivity index (χ2v) is 3.41. The fraction of sp³-hybridized carbons (Fsp3) is 0. The van der Waals surface area contributed by atoms with Gasteiger partial charge in [0, 0.05) is 17.4 Å². The van der Waals surface area contributed by atoms with Gasteiger partial charge in [-0.3, -0.25) is 4.79 Å². The summed E-state index contributed by atoms with van der Waals surface area (Å²) in [7, 11) is 0. The van der Waals surface area contributed by atoms with Gasteiger partial charge in [0.2, 0.25) is 0 Å². The van der Waals surface area contributed by atoms with Gasteiger partial charge in [-0.05, 0) is 41.9 Å². The number of aromatic nitrogens is 2. The first-order valence-corrected chi connectivity index (χ1v) is 4.96. The smallest absolute Gasteiger partial charge is 0.252 e. The van der Waals surface area contributed by atoms with E-state index in [1.807, 2.05) is 0 Å². The number of nitrogens with one attached hydrogen (secondary N) is 1. The second kappa shape index (κ2) is 6.18. The van der Waals surface area contributed by atoms with Crippen LogP contribution in [-0.2, 0) is 0 Å². The summed E-state index contributed by atoms with van der Waals surface area (Å²) < 4.78 is 0. The summed E-state index contributed by atoms with van der Waals surface area (Å²) in [4.78, 5) is 18.7. The molecule has 0 radical (unpaired) electrons. The molecule has 0 saturated heterocycles. The van der Waals surface area contributed by atoms with E-state index in [4.69, 9.17) is 11.6 Å². The molecular formula is C11H9Cl2N3O. The Kier molecular flexibility index (Phi) is 4.87. The minimum absolute atomic E-state index is 0. The topological polar surface area (TPSA) is 54.9 Å². The Labute approximate surface area is 109 Å². The van der Waals surface area contributed by atoms with Crippen molar-refractivity contribution < 1.29 is 4.79 Å². The molecule has 0 spiro atoms. The minimum Gasteiger partial charge on any atom is -0.340 e. The zero-order chi connectivity index (χ0) is 11.4. The third-order valence-electron chi connectivity index (χ3n) is 1.97. The standard InChI is InChI=1S/C11H8ClN3O.ClH/c12-11(16)8-1-3-9(4-2-8)15-10-5-6-13-7-14-10;/h1-7H,(H,13,14,15);1H. The van der Waals surface area contributed by atoms with Crippen molar-refractivity contribution in [2.24, 2.45) is 0 Å². The lowest BCUT2D eigenvalue weighted by molar-refractivity contribution is 0.108. The molecule has 1 aromatic carbocycles. The van der Waals surface area contributed by atoms with Gasteiger partial charge in [0.1, 0.15) is 12.1 Å². The van der Waals surface area contributed by atoms with Gasteiger partial charge in [-0.15, -0.1) is 12.4 Å². The lowest BCUT2D eigenvalue weighted by Crippen LogP contribution is -1.94. The van der Waals surface area contributed by atoms with Crippen LogP contribution in [0.1, 0.15) is 10.4 Å². The Hall–Kier alpha value is -1.65. The molecule has 0 saturated carbocycles. The molecule has 17 heavy (non-hydrogen) atoms. The number of carbonyl (C=O) groups is 1. The Morgan fingerprint density at radius 3 is 2.41 bits per heavy atom. The molecule has 4 nitrogen and oxygen atoms in total. The lowest BCUT2D eigenvalue weighted by Gasteiger charge is -2.04. The molecular weight excluding hydrogens is 261 g/mol. The molecule has 0 unspecified atom stereocenters. The molecule has 88 valence electrons. The van der Waals surface area contributed by atoms with E-state index in [0.29, 0.717) is 11.4 Å². The average molecular weight is 270 g/mol. The monoisotopic (exact) mass is 269 g/mol. The number of benzene rings is 1. The van der Waals surface area contributed by atoms with Gasteiger partial charge < -0.3 is 5.32 Å². The fourth-order valence-electron chi connectivity index (χ4n) is 1.20. The number of anilines is 2. The van der Waals surface area contributed by atoms with Gasteiger partial charge in [-0.1, -0.05) is 0 Å². The van der Waals surface area contributed by atoms with E-state index in [1.54, 1.807) is 36.5 Å². The normalized spacial score (nSPS) is 9.24. The zero-order valence-electron chi connectivity index (χ0n) is 8.63. The van der Waals surface area contributed by atoms with Gasteiger partial charge in [-0.25, -0.2) is 9.97 Å². The van der Waals surface area contributed by atoms with Gasteiger partial charge in [-0.2, -0.15) is 0 Å². The van der Waals surface area contributed by atoms with Crippen LogP contribution >= 0.6 is 24.0 Å². The summed E-state index contributed by atoms with van der Waals surface area (Å²) in [5, 5.41) is 2.60. The first-order valence-electron chi connectivity index (χ1n) is 4.58. The summed E-state index contributed by atoms with van der Waals surface area (Å²) in [6.45, 7) is 0. The van der Waals surface area contributed by atoms with Crippen molar-refractivity contribution in [3.8, 4) is 0 Å². The minimum atomic E-state index is -0.464. The molecule has 0 aliphatic heterocycles. The first-order chi connectivity index (χ1) is 7.75. The summed E-state index contributed by atoms with van der Waals surface area (Å²) in [5.74, 6) is 0.694. The van der Waals surface area contributed by atoms with Crippen molar-refractivity contribution >= 4 is 40.8 Å². The van der Waals surface area contributed by atoms with Crippen LogP contribution in [-0.4, -0.2) is 15.2 Å². The predicted octanol–water partition coefficient (Wildman–Crippen LogP) is 3.02. The van der Waals surface area contributed by atoms with Crippen LogP contribution in [0.5, 0.6) is 0 Å². The molecule has 6 heteroatoms. The van der Waals surface area contributed by atoms with E-state index in [2.05, 4.69) is 15.3 Å². The molecule has 0 bridgehead atoms. The average Bonchev–Trinajstić information content (AvgIpc) is 2.31. The molecule has 0 atom stereocenters. The van der Waals surface area contributed by atoms with Crippen LogP contribution < -0.4 is 5.32 Å². The van der Waals surface area contributed by atoms with Crippen molar-refractivity contribution in [3.05, 3.63) is 48.4 Å². The lowest BCUT2D eigenvalue weighted by atomic mass is 10.2. The summed E-state index contributed by atoms with van der Waals surface area (Å²) >= 11 is 5.34. The molecule has 0 aliphatic carbocycles. The number of hydrogen-bond donors (Lipinski definition) is 1. The van der Waals surface area contributed by atoms with E-state index >= 15 is 0 Å². The summed E-state index contributed by atoms with van der Waals surface area (Å²) in [5.41, 5.74) is 1.30. The molecule has 1 aromatic heterocycles. The van der Waals surface area contributed by atoms with Gasteiger partial charge >= 0.3 is 0 Å². The third-order valence-corrected chi connectivity index (χ3v) is 2.18. The molecule has 0 aliphatic rings. The molecule has 0 amide bonds. The Bertz CT molecular complexity index is 488. The third kappa shape index (κ3) is 3.69. The molecule has 1 N–H and O–H groups in total. The van der Waals surface area contributed by atoms with Crippen LogP contribution in [0.3, 0.4) is 0 Å². The zero-order valence-corrected chi connectivity index (χ0v) is 10.2. The van der Waals surface area contributed by atoms with E-state index in [0.717, 1.165) is 5.69 Å². The van der Waals surface area contributed by atoms with Crippen LogP contribution in [0.25, 0.3) is 0 Å². The summed E-state index contributed by atoms with van der Waals surface area (Å²) in [6, 6.07) is 8.58. The Balaban J connectivity index is 0.00000144. The van der Waals surface area contributed by atoms with Crippen molar-refractivity contribution in [2.75, 3.05) is 5.32 Å². The van der Waals surface area contributed by atoms with Crippen LogP contribution in [0.4, 0.5) is 11.5 Å². The van der Waals surface area contributed by atoms with Gasteiger partial charge in [0.05, 0.1) is 0 Å². The number of nitrogens with zero attached hydrogens (tertiary/aromatic N) is 2. The van der Waals surface area contributed by atoms with Crippen LogP contribution in [0.15, 0.2) is 42.9 Å². The predicted molar refractivity (Wildman–Crippen MR) is 69.2 cm³/mol. The van der Waals surface area contributed by atoms with Crippen LogP contribution in [0, 0.1) is 0 Å².